The Hall–Kier alpha value is -2.28. The Labute approximate surface area is 173 Å². The number of carbonyl (C=O) groups excluding carboxylic acids is 3. The van der Waals surface area contributed by atoms with Crippen LogP contribution in [0.15, 0.2) is 18.2 Å². The van der Waals surface area contributed by atoms with Gasteiger partial charge in [0.1, 0.15) is 0 Å². The van der Waals surface area contributed by atoms with Gasteiger partial charge < -0.3 is 4.90 Å². The molecular formula is C22H25N3O3S. The predicted octanol–water partition coefficient (Wildman–Crippen LogP) is 3.99. The molecule has 0 unspecified atom stereocenters. The van der Waals surface area contributed by atoms with Crippen LogP contribution in [0.2, 0.25) is 0 Å². The highest BCUT2D eigenvalue weighted by atomic mass is 32.1. The lowest BCUT2D eigenvalue weighted by Crippen LogP contribution is -2.37. The van der Waals surface area contributed by atoms with Crippen LogP contribution in [-0.2, 0) is 9.59 Å². The molecule has 1 aliphatic carbocycles. The second-order valence-electron chi connectivity index (χ2n) is 9.95. The maximum Gasteiger partial charge on any atom is 0.254 e. The molecule has 6 nitrogen and oxygen atoms in total. The summed E-state index contributed by atoms with van der Waals surface area (Å²) >= 11 is 1.30. The number of fused-ring (bicyclic) bond motifs is 3. The summed E-state index contributed by atoms with van der Waals surface area (Å²) in [4.78, 5) is 45.1. The van der Waals surface area contributed by atoms with E-state index in [1.54, 1.807) is 0 Å². The van der Waals surface area contributed by atoms with Gasteiger partial charge in [-0.05, 0) is 48.3 Å². The second-order valence-corrected chi connectivity index (χ2v) is 11.0. The highest BCUT2D eigenvalue weighted by Gasteiger charge is 2.51. The van der Waals surface area contributed by atoms with E-state index in [0.29, 0.717) is 22.3 Å². The Kier molecular flexibility index (Phi) is 3.95. The predicted molar refractivity (Wildman–Crippen MR) is 112 cm³/mol. The number of aromatic nitrogens is 1. The Morgan fingerprint density at radius 2 is 1.86 bits per heavy atom. The normalized spacial score (nSPS) is 28.6. The maximum atomic E-state index is 13.3. The number of rotatable bonds is 2. The van der Waals surface area contributed by atoms with Crippen molar-refractivity contribution in [1.29, 1.82) is 0 Å². The zero-order chi connectivity index (χ0) is 20.6. The van der Waals surface area contributed by atoms with Gasteiger partial charge in [0.15, 0.2) is 5.13 Å². The van der Waals surface area contributed by atoms with Crippen molar-refractivity contribution < 1.29 is 14.4 Å². The van der Waals surface area contributed by atoms with Gasteiger partial charge in [-0.15, -0.1) is 0 Å². The summed E-state index contributed by atoms with van der Waals surface area (Å²) in [6.45, 7) is 7.72. The molecule has 2 bridgehead atoms. The van der Waals surface area contributed by atoms with E-state index in [1.165, 1.54) is 16.2 Å². The van der Waals surface area contributed by atoms with Crippen LogP contribution in [0.25, 0.3) is 10.2 Å². The average Bonchev–Trinajstić information content (AvgIpc) is 3.26. The molecule has 3 heterocycles. The summed E-state index contributed by atoms with van der Waals surface area (Å²) < 4.78 is 0.826. The Balaban J connectivity index is 1.44. The maximum absolute atomic E-state index is 13.3. The van der Waals surface area contributed by atoms with Crippen molar-refractivity contribution >= 4 is 44.4 Å². The molecular weight excluding hydrogens is 386 g/mol. The van der Waals surface area contributed by atoms with Crippen molar-refractivity contribution in [3.05, 3.63) is 23.8 Å². The first-order chi connectivity index (χ1) is 13.6. The Morgan fingerprint density at radius 1 is 1.14 bits per heavy atom. The number of hydrogen-bond acceptors (Lipinski definition) is 5. The molecule has 0 N–H and O–H groups in total. The number of imide groups is 1. The van der Waals surface area contributed by atoms with Gasteiger partial charge in [0.25, 0.3) is 5.91 Å². The van der Waals surface area contributed by atoms with Gasteiger partial charge in [0.05, 0.1) is 10.2 Å². The molecule has 2 atom stereocenters. The monoisotopic (exact) mass is 411 g/mol. The fourth-order valence-electron chi connectivity index (χ4n) is 5.79. The fraction of sp³-hybridized carbons (Fsp3) is 0.545. The highest BCUT2D eigenvalue weighted by molar-refractivity contribution is 7.22. The number of carbonyl (C=O) groups is 3. The van der Waals surface area contributed by atoms with Crippen LogP contribution in [0.1, 0.15) is 63.2 Å². The van der Waals surface area contributed by atoms with Gasteiger partial charge in [-0.3, -0.25) is 14.4 Å². The quantitative estimate of drug-likeness (QED) is 0.701. The zero-order valence-corrected chi connectivity index (χ0v) is 17.8. The number of thiazole rings is 1. The molecule has 29 heavy (non-hydrogen) atoms. The molecule has 2 aromatic rings. The molecule has 5 rings (SSSR count). The molecule has 2 saturated heterocycles. The van der Waals surface area contributed by atoms with Gasteiger partial charge in [0.2, 0.25) is 11.8 Å². The van der Waals surface area contributed by atoms with Gasteiger partial charge in [-0.2, -0.15) is 0 Å². The van der Waals surface area contributed by atoms with Gasteiger partial charge in [-0.1, -0.05) is 32.1 Å². The van der Waals surface area contributed by atoms with Crippen LogP contribution in [-0.4, -0.2) is 40.2 Å². The van der Waals surface area contributed by atoms with E-state index in [-0.39, 0.29) is 41.4 Å². The van der Waals surface area contributed by atoms with Crippen LogP contribution in [0, 0.1) is 10.8 Å². The number of amides is 3. The van der Waals surface area contributed by atoms with Crippen LogP contribution < -0.4 is 4.90 Å². The minimum Gasteiger partial charge on any atom is -0.335 e. The molecule has 3 fully saturated rings. The van der Waals surface area contributed by atoms with Crippen molar-refractivity contribution in [3.8, 4) is 0 Å². The van der Waals surface area contributed by atoms with Crippen LogP contribution >= 0.6 is 11.3 Å². The summed E-state index contributed by atoms with van der Waals surface area (Å²) in [6, 6.07) is 5.79. The van der Waals surface area contributed by atoms with E-state index in [1.807, 2.05) is 18.2 Å². The third kappa shape index (κ3) is 3.06. The van der Waals surface area contributed by atoms with Gasteiger partial charge >= 0.3 is 0 Å². The lowest BCUT2D eigenvalue weighted by Gasteiger charge is -2.39. The Morgan fingerprint density at radius 3 is 2.59 bits per heavy atom. The summed E-state index contributed by atoms with van der Waals surface area (Å²) in [5, 5.41) is 0.406. The van der Waals surface area contributed by atoms with Gasteiger partial charge in [-0.25, -0.2) is 9.88 Å². The molecule has 3 amide bonds. The van der Waals surface area contributed by atoms with E-state index >= 15 is 0 Å². The molecule has 0 radical (unpaired) electrons. The van der Waals surface area contributed by atoms with Crippen molar-refractivity contribution in [3.63, 3.8) is 0 Å². The lowest BCUT2D eigenvalue weighted by molar-refractivity contribution is -0.121. The van der Waals surface area contributed by atoms with Crippen LogP contribution in [0.4, 0.5) is 5.13 Å². The SMILES string of the molecule is CC1(C)C[C@@H]2C[C@@](C)(CN2C(=O)c2ccc3nc(N4C(=O)CCC4=O)sc3c2)C1. The first kappa shape index (κ1) is 18.7. The van der Waals surface area contributed by atoms with Crippen molar-refractivity contribution in [2.24, 2.45) is 10.8 Å². The smallest absolute Gasteiger partial charge is 0.254 e. The topological polar surface area (TPSA) is 70.6 Å². The minimum absolute atomic E-state index is 0.0709. The number of hydrogen-bond donors (Lipinski definition) is 0. The Bertz CT molecular complexity index is 1040. The van der Waals surface area contributed by atoms with E-state index in [0.717, 1.165) is 30.5 Å². The average molecular weight is 412 g/mol. The van der Waals surface area contributed by atoms with Crippen LogP contribution in [0.5, 0.6) is 0 Å². The van der Waals surface area contributed by atoms with E-state index < -0.39 is 0 Å². The molecule has 1 saturated carbocycles. The summed E-state index contributed by atoms with van der Waals surface area (Å²) in [7, 11) is 0. The molecule has 0 spiro atoms. The first-order valence-corrected chi connectivity index (χ1v) is 11.0. The number of nitrogens with zero attached hydrogens (tertiary/aromatic N) is 3. The van der Waals surface area contributed by atoms with E-state index in [2.05, 4.69) is 30.7 Å². The highest BCUT2D eigenvalue weighted by Crippen LogP contribution is 2.52. The molecule has 3 aliphatic rings. The third-order valence-corrected chi connectivity index (χ3v) is 7.55. The second kappa shape index (κ2) is 6.11. The standard InChI is InChI=1S/C22H25N3O3S/c1-21(2)9-14-10-22(3,11-21)12-24(14)19(28)13-4-5-15-16(8-13)29-20(23-15)25-17(26)6-7-18(25)27/h4-5,8,14H,6-7,9-12H2,1-3H3/t14-,22-/m1/s1. The zero-order valence-electron chi connectivity index (χ0n) is 17.0. The number of likely N-dealkylation sites (tertiary alicyclic amines) is 1. The fourth-order valence-corrected chi connectivity index (χ4v) is 6.83. The van der Waals surface area contributed by atoms with Crippen molar-refractivity contribution in [2.45, 2.75) is 58.9 Å². The number of anilines is 1. The van der Waals surface area contributed by atoms with Crippen molar-refractivity contribution in [1.82, 2.24) is 9.88 Å². The molecule has 1 aromatic carbocycles. The first-order valence-electron chi connectivity index (χ1n) is 10.2. The molecule has 1 aromatic heterocycles. The molecule has 2 aliphatic heterocycles. The number of benzene rings is 1. The third-order valence-electron chi connectivity index (χ3n) is 6.54. The largest absolute Gasteiger partial charge is 0.335 e. The lowest BCUT2D eigenvalue weighted by atomic mass is 9.65. The van der Waals surface area contributed by atoms with E-state index in [9.17, 15) is 14.4 Å². The summed E-state index contributed by atoms with van der Waals surface area (Å²) in [5.41, 5.74) is 1.82. The molecule has 7 heteroatoms. The van der Waals surface area contributed by atoms with E-state index in [4.69, 9.17) is 0 Å². The summed E-state index contributed by atoms with van der Waals surface area (Å²) in [5.74, 6) is -0.335. The minimum atomic E-state index is -0.203. The molecule has 152 valence electrons. The van der Waals surface area contributed by atoms with Crippen molar-refractivity contribution in [2.75, 3.05) is 11.4 Å². The van der Waals surface area contributed by atoms with Crippen LogP contribution in [0.3, 0.4) is 0 Å². The summed E-state index contributed by atoms with van der Waals surface area (Å²) in [6.07, 6.45) is 3.75. The van der Waals surface area contributed by atoms with Gasteiger partial charge in [0, 0.05) is 31.0 Å².